The molecule has 1 fully saturated rings. The lowest BCUT2D eigenvalue weighted by atomic mass is 9.79. The monoisotopic (exact) mass is 218 g/mol. The van der Waals surface area contributed by atoms with Gasteiger partial charge in [-0.15, -0.1) is 0 Å². The van der Waals surface area contributed by atoms with Crippen molar-refractivity contribution in [3.05, 3.63) is 35.9 Å². The van der Waals surface area contributed by atoms with Gasteiger partial charge in [0, 0.05) is 0 Å². The molecule has 0 heteroatoms. The Kier molecular flexibility index (Phi) is 6.22. The lowest BCUT2D eigenvalue weighted by Crippen LogP contribution is -2.10. The van der Waals surface area contributed by atoms with Gasteiger partial charge in [0.15, 0.2) is 0 Å². The minimum atomic E-state index is 0.845. The van der Waals surface area contributed by atoms with Crippen LogP contribution in [0.4, 0.5) is 0 Å². The van der Waals surface area contributed by atoms with Gasteiger partial charge in [0.1, 0.15) is 0 Å². The molecule has 2 rings (SSSR count). The zero-order chi connectivity index (χ0) is 11.8. The second kappa shape index (κ2) is 7.49. The average Bonchev–Trinajstić information content (AvgIpc) is 2.32. The molecule has 1 saturated carbocycles. The first kappa shape index (κ1) is 13.3. The largest absolute Gasteiger partial charge is 0.0656 e. The van der Waals surface area contributed by atoms with Gasteiger partial charge in [0.05, 0.1) is 0 Å². The zero-order valence-electron chi connectivity index (χ0n) is 11.1. The number of rotatable bonds is 1. The third kappa shape index (κ3) is 4.38. The molecule has 0 heterocycles. The van der Waals surface area contributed by atoms with Crippen LogP contribution < -0.4 is 0 Å². The minimum absolute atomic E-state index is 0.845. The molecule has 90 valence electrons. The van der Waals surface area contributed by atoms with Crippen molar-refractivity contribution in [3.63, 3.8) is 0 Å². The third-order valence-corrected chi connectivity index (χ3v) is 3.29. The minimum Gasteiger partial charge on any atom is -0.0656 e. The standard InChI is InChI=1S/C13H18.C3H8/c1-11-7-9-13(10-8-11)12-5-3-2-4-6-12;1-3-2/h2-6,11,13H,7-10H2,1H3;3H2,1-2H3. The molecule has 0 nitrogen and oxygen atoms in total. The van der Waals surface area contributed by atoms with Crippen molar-refractivity contribution >= 4 is 0 Å². The van der Waals surface area contributed by atoms with Crippen LogP contribution in [0.1, 0.15) is 64.4 Å². The predicted octanol–water partition coefficient (Wildman–Crippen LogP) is 5.40. The number of hydrogen-bond donors (Lipinski definition) is 0. The van der Waals surface area contributed by atoms with E-state index in [0.717, 1.165) is 11.8 Å². The van der Waals surface area contributed by atoms with Crippen LogP contribution in [-0.2, 0) is 0 Å². The third-order valence-electron chi connectivity index (χ3n) is 3.29. The topological polar surface area (TPSA) is 0 Å². The van der Waals surface area contributed by atoms with Crippen LogP contribution in [0.3, 0.4) is 0 Å². The van der Waals surface area contributed by atoms with E-state index in [1.165, 1.54) is 32.1 Å². The van der Waals surface area contributed by atoms with Crippen LogP contribution in [0.25, 0.3) is 0 Å². The normalized spacial score (nSPS) is 24.4. The van der Waals surface area contributed by atoms with Crippen LogP contribution in [0.2, 0.25) is 0 Å². The summed E-state index contributed by atoms with van der Waals surface area (Å²) in [6.45, 7) is 6.63. The van der Waals surface area contributed by atoms with Crippen molar-refractivity contribution in [1.82, 2.24) is 0 Å². The van der Waals surface area contributed by atoms with Gasteiger partial charge in [-0.3, -0.25) is 0 Å². The molecule has 0 spiro atoms. The molecule has 1 aromatic carbocycles. The summed E-state index contributed by atoms with van der Waals surface area (Å²) in [6, 6.07) is 11.0. The molecule has 0 atom stereocenters. The smallest absolute Gasteiger partial charge is 0.0162 e. The van der Waals surface area contributed by atoms with E-state index in [9.17, 15) is 0 Å². The fourth-order valence-corrected chi connectivity index (χ4v) is 2.32. The Bertz CT molecular complexity index is 255. The summed E-state index contributed by atoms with van der Waals surface area (Å²) in [4.78, 5) is 0. The van der Waals surface area contributed by atoms with E-state index in [1.807, 2.05) is 0 Å². The van der Waals surface area contributed by atoms with Crippen LogP contribution in [-0.4, -0.2) is 0 Å². The summed E-state index contributed by atoms with van der Waals surface area (Å²) in [5.74, 6) is 1.80. The summed E-state index contributed by atoms with van der Waals surface area (Å²) >= 11 is 0. The highest BCUT2D eigenvalue weighted by Gasteiger charge is 2.18. The fraction of sp³-hybridized carbons (Fsp3) is 0.625. The summed E-state index contributed by atoms with van der Waals surface area (Å²) in [5.41, 5.74) is 1.55. The van der Waals surface area contributed by atoms with E-state index >= 15 is 0 Å². The van der Waals surface area contributed by atoms with Gasteiger partial charge in [-0.2, -0.15) is 0 Å². The van der Waals surface area contributed by atoms with Gasteiger partial charge < -0.3 is 0 Å². The first-order valence-electron chi connectivity index (χ1n) is 6.82. The molecule has 0 aliphatic heterocycles. The first-order chi connectivity index (χ1) is 7.77. The van der Waals surface area contributed by atoms with Gasteiger partial charge in [-0.1, -0.05) is 70.4 Å². The maximum Gasteiger partial charge on any atom is -0.0162 e. The van der Waals surface area contributed by atoms with Crippen molar-refractivity contribution < 1.29 is 0 Å². The van der Waals surface area contributed by atoms with Gasteiger partial charge >= 0.3 is 0 Å². The van der Waals surface area contributed by atoms with Gasteiger partial charge in [0.2, 0.25) is 0 Å². The zero-order valence-corrected chi connectivity index (χ0v) is 11.1. The molecule has 0 radical (unpaired) electrons. The molecule has 0 saturated heterocycles. The highest BCUT2D eigenvalue weighted by molar-refractivity contribution is 5.19. The van der Waals surface area contributed by atoms with E-state index in [0.29, 0.717) is 0 Å². The van der Waals surface area contributed by atoms with Gasteiger partial charge in [-0.25, -0.2) is 0 Å². The molecule has 0 bridgehead atoms. The average molecular weight is 218 g/mol. The van der Waals surface area contributed by atoms with Crippen molar-refractivity contribution in [1.29, 1.82) is 0 Å². The van der Waals surface area contributed by atoms with Crippen LogP contribution in [0.5, 0.6) is 0 Å². The molecule has 1 aliphatic carbocycles. The maximum atomic E-state index is 2.38. The Morgan fingerprint density at radius 3 is 1.94 bits per heavy atom. The quantitative estimate of drug-likeness (QED) is 0.592. The molecule has 1 aliphatic rings. The summed E-state index contributed by atoms with van der Waals surface area (Å²) in [6.07, 6.45) is 6.87. The second-order valence-corrected chi connectivity index (χ2v) is 5.07. The second-order valence-electron chi connectivity index (χ2n) is 5.07. The molecule has 0 N–H and O–H groups in total. The number of benzene rings is 1. The lowest BCUT2D eigenvalue weighted by Gasteiger charge is -2.26. The van der Waals surface area contributed by atoms with Crippen LogP contribution in [0, 0.1) is 5.92 Å². The summed E-state index contributed by atoms with van der Waals surface area (Å²) < 4.78 is 0. The molecule has 0 amide bonds. The fourth-order valence-electron chi connectivity index (χ4n) is 2.32. The van der Waals surface area contributed by atoms with E-state index in [1.54, 1.807) is 5.56 Å². The molecule has 16 heavy (non-hydrogen) atoms. The Balaban J connectivity index is 0.000000386. The van der Waals surface area contributed by atoms with E-state index in [4.69, 9.17) is 0 Å². The first-order valence-corrected chi connectivity index (χ1v) is 6.82. The van der Waals surface area contributed by atoms with Crippen molar-refractivity contribution in [2.24, 2.45) is 5.92 Å². The van der Waals surface area contributed by atoms with Crippen molar-refractivity contribution in [2.75, 3.05) is 0 Å². The Morgan fingerprint density at radius 1 is 0.938 bits per heavy atom. The molecular formula is C16H26. The highest BCUT2D eigenvalue weighted by atomic mass is 14.2. The molecule has 0 aromatic heterocycles. The van der Waals surface area contributed by atoms with E-state index in [2.05, 4.69) is 51.1 Å². The van der Waals surface area contributed by atoms with Crippen LogP contribution in [0.15, 0.2) is 30.3 Å². The SMILES string of the molecule is CC1CCC(c2ccccc2)CC1.CCC. The van der Waals surface area contributed by atoms with Crippen LogP contribution >= 0.6 is 0 Å². The van der Waals surface area contributed by atoms with E-state index in [-0.39, 0.29) is 0 Å². The number of hydrogen-bond acceptors (Lipinski definition) is 0. The summed E-state index contributed by atoms with van der Waals surface area (Å²) in [7, 11) is 0. The Labute approximate surface area is 101 Å². The molecule has 0 unspecified atom stereocenters. The van der Waals surface area contributed by atoms with Gasteiger partial charge in [0.25, 0.3) is 0 Å². The van der Waals surface area contributed by atoms with E-state index < -0.39 is 0 Å². The van der Waals surface area contributed by atoms with Gasteiger partial charge in [-0.05, 0) is 30.2 Å². The molecule has 1 aromatic rings. The molecular weight excluding hydrogens is 192 g/mol. The van der Waals surface area contributed by atoms with Crippen molar-refractivity contribution in [3.8, 4) is 0 Å². The Hall–Kier alpha value is -0.780. The van der Waals surface area contributed by atoms with Crippen molar-refractivity contribution in [2.45, 2.75) is 58.8 Å². The summed E-state index contributed by atoms with van der Waals surface area (Å²) in [5, 5.41) is 0. The Morgan fingerprint density at radius 2 is 1.44 bits per heavy atom. The maximum absolute atomic E-state index is 2.38. The lowest BCUT2D eigenvalue weighted by molar-refractivity contribution is 0.348. The predicted molar refractivity (Wildman–Crippen MR) is 72.8 cm³/mol. The highest BCUT2D eigenvalue weighted by Crippen LogP contribution is 2.35.